The predicted octanol–water partition coefficient (Wildman–Crippen LogP) is 3.29. The fourth-order valence-electron chi connectivity index (χ4n) is 1.91. The van der Waals surface area contributed by atoms with E-state index in [1.807, 2.05) is 6.08 Å². The van der Waals surface area contributed by atoms with Crippen LogP contribution in [0.25, 0.3) is 0 Å². The molecule has 0 spiro atoms. The monoisotopic (exact) mass is 268 g/mol. The highest BCUT2D eigenvalue weighted by Crippen LogP contribution is 2.14. The van der Waals surface area contributed by atoms with Crippen LogP contribution in [0.15, 0.2) is 24.3 Å². The molecule has 1 unspecified atom stereocenters. The van der Waals surface area contributed by atoms with Crippen LogP contribution >= 0.6 is 0 Å². The maximum Gasteiger partial charge on any atom is 0.328 e. The Hall–Kier alpha value is -1.13. The van der Waals surface area contributed by atoms with Gasteiger partial charge < -0.3 is 14.6 Å². The Morgan fingerprint density at radius 1 is 1.26 bits per heavy atom. The van der Waals surface area contributed by atoms with E-state index in [0.29, 0.717) is 0 Å². The Bertz CT molecular complexity index is 291. The van der Waals surface area contributed by atoms with Gasteiger partial charge in [-0.25, -0.2) is 4.79 Å². The van der Waals surface area contributed by atoms with Gasteiger partial charge in [-0.15, -0.1) is 0 Å². The van der Waals surface area contributed by atoms with Crippen molar-refractivity contribution in [2.75, 3.05) is 13.2 Å². The summed E-state index contributed by atoms with van der Waals surface area (Å²) >= 11 is 0. The number of carboxylic acids is 1. The van der Waals surface area contributed by atoms with Gasteiger partial charge >= 0.3 is 5.97 Å². The predicted molar refractivity (Wildman–Crippen MR) is 73.9 cm³/mol. The molecule has 19 heavy (non-hydrogen) atoms. The Morgan fingerprint density at radius 2 is 2.16 bits per heavy atom. The first-order valence-electron chi connectivity index (χ1n) is 7.08. The summed E-state index contributed by atoms with van der Waals surface area (Å²) in [5.41, 5.74) is 0. The summed E-state index contributed by atoms with van der Waals surface area (Å²) in [4.78, 5) is 10.2. The van der Waals surface area contributed by atoms with Crippen LogP contribution in [0.5, 0.6) is 0 Å². The first-order valence-corrected chi connectivity index (χ1v) is 7.08. The maximum absolute atomic E-state index is 10.2. The van der Waals surface area contributed by atoms with Crippen LogP contribution in [0.4, 0.5) is 0 Å². The van der Waals surface area contributed by atoms with Gasteiger partial charge in [0.15, 0.2) is 6.29 Å². The van der Waals surface area contributed by atoms with Crippen LogP contribution in [0, 0.1) is 0 Å². The van der Waals surface area contributed by atoms with Gasteiger partial charge in [-0.2, -0.15) is 0 Å². The Labute approximate surface area is 115 Å². The zero-order chi connectivity index (χ0) is 13.8. The SMILES string of the molecule is O=C(O)C=CC=CCCCCCOC1CCCCO1. The molecule has 1 atom stereocenters. The summed E-state index contributed by atoms with van der Waals surface area (Å²) in [7, 11) is 0. The van der Waals surface area contributed by atoms with Gasteiger partial charge in [0.1, 0.15) is 0 Å². The zero-order valence-electron chi connectivity index (χ0n) is 11.4. The van der Waals surface area contributed by atoms with Crippen molar-refractivity contribution in [3.63, 3.8) is 0 Å². The van der Waals surface area contributed by atoms with Gasteiger partial charge in [-0.1, -0.05) is 24.6 Å². The number of hydrogen-bond donors (Lipinski definition) is 1. The molecule has 108 valence electrons. The average Bonchev–Trinajstić information content (AvgIpc) is 2.42. The van der Waals surface area contributed by atoms with Gasteiger partial charge in [0.2, 0.25) is 0 Å². The van der Waals surface area contributed by atoms with Gasteiger partial charge in [-0.3, -0.25) is 0 Å². The third-order valence-corrected chi connectivity index (χ3v) is 2.94. The normalized spacial score (nSPS) is 20.3. The summed E-state index contributed by atoms with van der Waals surface area (Å²) in [5.74, 6) is -0.910. The van der Waals surface area contributed by atoms with E-state index in [4.69, 9.17) is 14.6 Å². The fraction of sp³-hybridized carbons (Fsp3) is 0.667. The lowest BCUT2D eigenvalue weighted by atomic mass is 10.2. The average molecular weight is 268 g/mol. The van der Waals surface area contributed by atoms with Crippen molar-refractivity contribution in [1.29, 1.82) is 0 Å². The highest BCUT2D eigenvalue weighted by atomic mass is 16.7. The molecule has 1 N–H and O–H groups in total. The van der Waals surface area contributed by atoms with Crippen LogP contribution < -0.4 is 0 Å². The quantitative estimate of drug-likeness (QED) is 0.396. The highest BCUT2D eigenvalue weighted by molar-refractivity contribution is 5.80. The third kappa shape index (κ3) is 9.45. The number of rotatable bonds is 9. The summed E-state index contributed by atoms with van der Waals surface area (Å²) in [6.07, 6.45) is 14.1. The molecule has 0 aromatic heterocycles. The molecule has 1 heterocycles. The van der Waals surface area contributed by atoms with E-state index >= 15 is 0 Å². The minimum Gasteiger partial charge on any atom is -0.478 e. The van der Waals surface area contributed by atoms with E-state index in [2.05, 4.69) is 0 Å². The summed E-state index contributed by atoms with van der Waals surface area (Å²) < 4.78 is 11.1. The van der Waals surface area contributed by atoms with Gasteiger partial charge in [0.05, 0.1) is 0 Å². The van der Waals surface area contributed by atoms with E-state index in [0.717, 1.165) is 57.8 Å². The van der Waals surface area contributed by atoms with Crippen LogP contribution in [0.3, 0.4) is 0 Å². The van der Waals surface area contributed by atoms with Crippen molar-refractivity contribution < 1.29 is 19.4 Å². The molecule has 0 aliphatic carbocycles. The van der Waals surface area contributed by atoms with Crippen molar-refractivity contribution >= 4 is 5.97 Å². The molecule has 0 bridgehead atoms. The molecular formula is C15H24O4. The van der Waals surface area contributed by atoms with Crippen LogP contribution in [-0.4, -0.2) is 30.6 Å². The summed E-state index contributed by atoms with van der Waals surface area (Å²) in [6.45, 7) is 1.60. The van der Waals surface area contributed by atoms with E-state index in [9.17, 15) is 4.79 Å². The fourth-order valence-corrected chi connectivity index (χ4v) is 1.91. The van der Waals surface area contributed by atoms with Gasteiger partial charge in [0.25, 0.3) is 0 Å². The topological polar surface area (TPSA) is 55.8 Å². The van der Waals surface area contributed by atoms with Gasteiger partial charge in [0, 0.05) is 19.3 Å². The number of ether oxygens (including phenoxy) is 2. The molecule has 0 radical (unpaired) electrons. The first-order chi connectivity index (χ1) is 9.29. The largest absolute Gasteiger partial charge is 0.478 e. The van der Waals surface area contributed by atoms with Crippen molar-refractivity contribution in [2.45, 2.75) is 51.2 Å². The molecule has 0 saturated carbocycles. The van der Waals surface area contributed by atoms with Crippen molar-refractivity contribution in [3.8, 4) is 0 Å². The van der Waals surface area contributed by atoms with Gasteiger partial charge in [-0.05, 0) is 38.5 Å². The Morgan fingerprint density at radius 3 is 2.89 bits per heavy atom. The molecule has 1 aliphatic heterocycles. The molecule has 0 aromatic carbocycles. The van der Waals surface area contributed by atoms with E-state index in [1.165, 1.54) is 6.42 Å². The minimum absolute atomic E-state index is 0.0230. The number of unbranched alkanes of at least 4 members (excludes halogenated alkanes) is 3. The Balaban J connectivity index is 1.86. The lowest BCUT2D eigenvalue weighted by Crippen LogP contribution is -2.22. The van der Waals surface area contributed by atoms with Crippen LogP contribution in [-0.2, 0) is 14.3 Å². The lowest BCUT2D eigenvalue weighted by Gasteiger charge is -2.22. The van der Waals surface area contributed by atoms with E-state index < -0.39 is 5.97 Å². The molecule has 4 nitrogen and oxygen atoms in total. The highest BCUT2D eigenvalue weighted by Gasteiger charge is 2.12. The number of aliphatic carboxylic acids is 1. The van der Waals surface area contributed by atoms with Crippen molar-refractivity contribution in [2.24, 2.45) is 0 Å². The molecule has 0 amide bonds. The standard InChI is InChI=1S/C15H24O4/c16-14(17)10-6-4-2-1-3-5-8-12-18-15-11-7-9-13-19-15/h2,4,6,10,15H,1,3,5,7-9,11-13H2,(H,16,17). The zero-order valence-corrected chi connectivity index (χ0v) is 11.4. The number of hydrogen-bond acceptors (Lipinski definition) is 3. The number of carboxylic acid groups (broad SMARTS) is 1. The smallest absolute Gasteiger partial charge is 0.328 e. The molecule has 4 heteroatoms. The molecular weight excluding hydrogens is 244 g/mol. The summed E-state index contributed by atoms with van der Waals surface area (Å²) in [5, 5.41) is 8.38. The third-order valence-electron chi connectivity index (χ3n) is 2.94. The lowest BCUT2D eigenvalue weighted by molar-refractivity contribution is -0.162. The molecule has 0 aromatic rings. The molecule has 1 rings (SSSR count). The van der Waals surface area contributed by atoms with Crippen molar-refractivity contribution in [3.05, 3.63) is 24.3 Å². The summed E-state index contributed by atoms with van der Waals surface area (Å²) in [6, 6.07) is 0. The molecule has 1 aliphatic rings. The second kappa shape index (κ2) is 10.8. The molecule has 1 saturated heterocycles. The van der Waals surface area contributed by atoms with E-state index in [1.54, 1.807) is 12.2 Å². The second-order valence-corrected chi connectivity index (χ2v) is 4.64. The first kappa shape index (κ1) is 15.9. The number of carbonyl (C=O) groups is 1. The second-order valence-electron chi connectivity index (χ2n) is 4.64. The van der Waals surface area contributed by atoms with Crippen LogP contribution in [0.2, 0.25) is 0 Å². The molecule has 1 fully saturated rings. The maximum atomic E-state index is 10.2. The Kier molecular flexibility index (Phi) is 9.02. The number of allylic oxidation sites excluding steroid dienone is 3. The van der Waals surface area contributed by atoms with Crippen LogP contribution in [0.1, 0.15) is 44.9 Å². The van der Waals surface area contributed by atoms with E-state index in [-0.39, 0.29) is 6.29 Å². The van der Waals surface area contributed by atoms with Crippen molar-refractivity contribution in [1.82, 2.24) is 0 Å². The minimum atomic E-state index is -0.910.